The van der Waals surface area contributed by atoms with Crippen molar-refractivity contribution in [2.24, 2.45) is 5.73 Å². The van der Waals surface area contributed by atoms with Crippen molar-refractivity contribution in [3.05, 3.63) is 29.3 Å². The second-order valence-electron chi connectivity index (χ2n) is 3.42. The lowest BCUT2D eigenvalue weighted by Gasteiger charge is -2.04. The van der Waals surface area contributed by atoms with Crippen LogP contribution in [-0.4, -0.2) is 16.9 Å². The van der Waals surface area contributed by atoms with Crippen molar-refractivity contribution < 1.29 is 4.68 Å². The van der Waals surface area contributed by atoms with Gasteiger partial charge in [0.2, 0.25) is 11.6 Å². The van der Waals surface area contributed by atoms with Crippen molar-refractivity contribution in [1.29, 1.82) is 5.41 Å². The number of hydrazone groups is 1. The number of halogens is 1. The van der Waals surface area contributed by atoms with Gasteiger partial charge in [-0.1, -0.05) is 10.8 Å². The highest BCUT2D eigenvalue weighted by Crippen LogP contribution is 2.15. The normalized spacial score (nSPS) is 10.6. The Bertz CT molecular complexity index is 412. The molecule has 0 heterocycles. The molecule has 0 aliphatic rings. The van der Waals surface area contributed by atoms with Crippen molar-refractivity contribution >= 4 is 30.3 Å². The minimum Gasteiger partial charge on any atom is -0.366 e. The van der Waals surface area contributed by atoms with Gasteiger partial charge in [-0.2, -0.15) is 0 Å². The summed E-state index contributed by atoms with van der Waals surface area (Å²) in [6.07, 6.45) is 1.82. The van der Waals surface area contributed by atoms with Gasteiger partial charge in [-0.05, 0) is 25.0 Å². The van der Waals surface area contributed by atoms with Crippen LogP contribution < -0.4 is 11.2 Å². The average molecular weight is 242 g/mol. The van der Waals surface area contributed by atoms with E-state index < -0.39 is 0 Å². The predicted molar refractivity (Wildman–Crippen MR) is 69.9 cm³/mol. The number of rotatable bonds is 2. The van der Waals surface area contributed by atoms with E-state index in [1.807, 2.05) is 31.3 Å². The number of benzene rings is 1. The summed E-state index contributed by atoms with van der Waals surface area (Å²) in [5.74, 6) is -0.0775. The number of guanidine groups is 1. The van der Waals surface area contributed by atoms with E-state index in [0.717, 1.165) is 5.69 Å². The van der Waals surface area contributed by atoms with E-state index in [1.165, 1.54) is 11.1 Å². The summed E-state index contributed by atoms with van der Waals surface area (Å²) in [5, 5.41) is 7.18. The number of hydrogen-bond acceptors (Lipinski definition) is 1. The molecular weight excluding hydrogens is 224 g/mol. The smallest absolute Gasteiger partial charge is 0.243 e. The average Bonchev–Trinajstić information content (AvgIpc) is 2.18. The standard InChI is InChI=1S/C11H17N4.ClH/c1-4-15(14-11(12)13)10-6-5-8(2)9(3)7-10;/h4-7H,1-3H3,(H4,12,13,14);1H/q+1;. The zero-order valence-corrected chi connectivity index (χ0v) is 10.6. The molecule has 1 aromatic rings. The second kappa shape index (κ2) is 6.12. The van der Waals surface area contributed by atoms with E-state index in [9.17, 15) is 0 Å². The van der Waals surface area contributed by atoms with Crippen molar-refractivity contribution in [2.45, 2.75) is 20.8 Å². The summed E-state index contributed by atoms with van der Waals surface area (Å²) in [6, 6.07) is 6.08. The maximum absolute atomic E-state index is 7.18. The van der Waals surface area contributed by atoms with Crippen molar-refractivity contribution in [3.63, 3.8) is 0 Å². The Kier molecular flexibility index (Phi) is 5.53. The fraction of sp³-hybridized carbons (Fsp3) is 0.273. The monoisotopic (exact) mass is 241 g/mol. The number of aryl methyl sites for hydroxylation is 2. The maximum atomic E-state index is 7.18. The Morgan fingerprint density at radius 1 is 1.38 bits per heavy atom. The third-order valence-electron chi connectivity index (χ3n) is 2.27. The molecule has 16 heavy (non-hydrogen) atoms. The molecule has 1 rings (SSSR count). The number of hydrogen-bond donors (Lipinski definition) is 3. The largest absolute Gasteiger partial charge is 0.366 e. The molecule has 0 aliphatic heterocycles. The lowest BCUT2D eigenvalue weighted by atomic mass is 10.1. The van der Waals surface area contributed by atoms with Gasteiger partial charge in [-0.25, -0.2) is 0 Å². The molecule has 0 bridgehead atoms. The molecule has 0 spiro atoms. The highest BCUT2D eigenvalue weighted by molar-refractivity contribution is 5.85. The van der Waals surface area contributed by atoms with Gasteiger partial charge in [0.15, 0.2) is 6.21 Å². The van der Waals surface area contributed by atoms with Crippen LogP contribution in [0.2, 0.25) is 0 Å². The molecule has 0 aromatic heterocycles. The van der Waals surface area contributed by atoms with Crippen molar-refractivity contribution in [3.8, 4) is 0 Å². The third kappa shape index (κ3) is 3.55. The Hall–Kier alpha value is -1.55. The summed E-state index contributed by atoms with van der Waals surface area (Å²) < 4.78 is 1.72. The van der Waals surface area contributed by atoms with Gasteiger partial charge in [0.1, 0.15) is 0 Å². The van der Waals surface area contributed by atoms with Crippen LogP contribution in [0, 0.1) is 19.3 Å². The van der Waals surface area contributed by atoms with Crippen LogP contribution in [0.3, 0.4) is 0 Å². The molecule has 0 fully saturated rings. The zero-order chi connectivity index (χ0) is 11.4. The van der Waals surface area contributed by atoms with Crippen molar-refractivity contribution in [2.75, 3.05) is 0 Å². The molecule has 1 aromatic carbocycles. The van der Waals surface area contributed by atoms with Crippen LogP contribution in [0.1, 0.15) is 18.1 Å². The van der Waals surface area contributed by atoms with E-state index in [1.54, 1.807) is 4.68 Å². The van der Waals surface area contributed by atoms with E-state index in [0.29, 0.717) is 0 Å². The van der Waals surface area contributed by atoms with E-state index in [4.69, 9.17) is 11.1 Å². The van der Waals surface area contributed by atoms with Gasteiger partial charge in [-0.3, -0.25) is 5.41 Å². The molecule has 88 valence electrons. The fourth-order valence-corrected chi connectivity index (χ4v) is 1.28. The molecule has 0 aliphatic carbocycles. The molecule has 0 atom stereocenters. The molecule has 0 saturated carbocycles. The molecule has 4 nitrogen and oxygen atoms in total. The van der Waals surface area contributed by atoms with Crippen LogP contribution in [0.4, 0.5) is 5.69 Å². The first kappa shape index (κ1) is 14.5. The third-order valence-corrected chi connectivity index (χ3v) is 2.27. The molecular formula is C11H18ClN4+. The summed E-state index contributed by atoms with van der Waals surface area (Å²) in [7, 11) is 0. The van der Waals surface area contributed by atoms with Gasteiger partial charge in [-0.15, -0.1) is 17.8 Å². The Balaban J connectivity index is 0.00000225. The van der Waals surface area contributed by atoms with Gasteiger partial charge in [0.05, 0.1) is 0 Å². The van der Waals surface area contributed by atoms with E-state index in [2.05, 4.69) is 19.3 Å². The van der Waals surface area contributed by atoms with Crippen LogP contribution >= 0.6 is 12.4 Å². The topological polar surface area (TPSA) is 64.9 Å². The van der Waals surface area contributed by atoms with E-state index >= 15 is 0 Å². The second-order valence-corrected chi connectivity index (χ2v) is 3.42. The zero-order valence-electron chi connectivity index (χ0n) is 9.74. The molecule has 5 heteroatoms. The van der Waals surface area contributed by atoms with Crippen LogP contribution in [-0.2, 0) is 0 Å². The van der Waals surface area contributed by atoms with Crippen LogP contribution in [0.25, 0.3) is 0 Å². The van der Waals surface area contributed by atoms with Gasteiger partial charge in [0.25, 0.3) is 0 Å². The lowest BCUT2D eigenvalue weighted by molar-refractivity contribution is -0.483. The Labute approximate surface area is 102 Å². The Morgan fingerprint density at radius 3 is 2.44 bits per heavy atom. The summed E-state index contributed by atoms with van der Waals surface area (Å²) in [5.41, 5.74) is 11.4. The van der Waals surface area contributed by atoms with Gasteiger partial charge in [0, 0.05) is 19.1 Å². The number of nitrogens with one attached hydrogen (secondary N) is 2. The molecule has 0 amide bonds. The van der Waals surface area contributed by atoms with E-state index in [-0.39, 0.29) is 18.4 Å². The van der Waals surface area contributed by atoms with Crippen LogP contribution in [0.5, 0.6) is 0 Å². The minimum absolute atomic E-state index is 0. The maximum Gasteiger partial charge on any atom is 0.243 e. The number of nitrogens with zero attached hydrogens (tertiary/aromatic N) is 1. The summed E-state index contributed by atoms with van der Waals surface area (Å²) in [6.45, 7) is 6.00. The minimum atomic E-state index is -0.0775. The number of hydrazine groups is 1. The van der Waals surface area contributed by atoms with Gasteiger partial charge < -0.3 is 5.73 Å². The first-order valence-electron chi connectivity index (χ1n) is 4.81. The molecule has 4 N–H and O–H groups in total. The molecule has 0 radical (unpaired) electrons. The van der Waals surface area contributed by atoms with Gasteiger partial charge >= 0.3 is 0 Å². The Morgan fingerprint density at radius 2 is 2.00 bits per heavy atom. The predicted octanol–water partition coefficient (Wildman–Crippen LogP) is 1.86. The highest BCUT2D eigenvalue weighted by atomic mass is 35.5. The quantitative estimate of drug-likeness (QED) is 0.320. The fourth-order valence-electron chi connectivity index (χ4n) is 1.28. The lowest BCUT2D eigenvalue weighted by Crippen LogP contribution is -2.37. The van der Waals surface area contributed by atoms with Crippen LogP contribution in [0.15, 0.2) is 18.2 Å². The SMILES string of the molecule is CC=[N+](NC(=N)N)c1ccc(C)c(C)c1.Cl. The first-order valence-corrected chi connectivity index (χ1v) is 4.81. The van der Waals surface area contributed by atoms with Crippen molar-refractivity contribution in [1.82, 2.24) is 5.43 Å². The summed E-state index contributed by atoms with van der Waals surface area (Å²) >= 11 is 0. The summed E-state index contributed by atoms with van der Waals surface area (Å²) in [4.78, 5) is 0. The molecule has 0 unspecified atom stereocenters. The first-order chi connectivity index (χ1) is 7.04. The highest BCUT2D eigenvalue weighted by Gasteiger charge is 2.09. The number of nitrogens with two attached hydrogens (primary N) is 1. The molecule has 0 saturated heterocycles.